The molecule has 2 nitrogen and oxygen atoms in total. The van der Waals surface area contributed by atoms with E-state index in [1.807, 2.05) is 17.4 Å². The molecule has 0 amide bonds. The molecule has 1 atom stereocenters. The van der Waals surface area contributed by atoms with E-state index in [2.05, 4.69) is 23.5 Å². The third kappa shape index (κ3) is 2.17. The summed E-state index contributed by atoms with van der Waals surface area (Å²) in [7, 11) is 1.72. The molecule has 1 unspecified atom stereocenters. The molecule has 17 heavy (non-hydrogen) atoms. The Morgan fingerprint density at radius 1 is 1.35 bits per heavy atom. The van der Waals surface area contributed by atoms with E-state index in [0.717, 1.165) is 12.3 Å². The van der Waals surface area contributed by atoms with Crippen molar-refractivity contribution in [1.29, 1.82) is 0 Å². The summed E-state index contributed by atoms with van der Waals surface area (Å²) in [6.45, 7) is 2.30. The van der Waals surface area contributed by atoms with Crippen molar-refractivity contribution < 1.29 is 4.74 Å². The molecule has 3 heteroatoms. The van der Waals surface area contributed by atoms with Gasteiger partial charge in [-0.1, -0.05) is 0 Å². The van der Waals surface area contributed by atoms with Crippen molar-refractivity contribution in [1.82, 2.24) is 5.32 Å². The van der Waals surface area contributed by atoms with Crippen LogP contribution >= 0.6 is 11.3 Å². The van der Waals surface area contributed by atoms with Crippen LogP contribution in [0.4, 0.5) is 0 Å². The fourth-order valence-electron chi connectivity index (χ4n) is 2.45. The van der Waals surface area contributed by atoms with Crippen molar-refractivity contribution in [3.05, 3.63) is 29.1 Å². The topological polar surface area (TPSA) is 21.3 Å². The largest absolute Gasteiger partial charge is 0.497 e. The summed E-state index contributed by atoms with van der Waals surface area (Å²) >= 11 is 1.91. The summed E-state index contributed by atoms with van der Waals surface area (Å²) in [6.07, 6.45) is 2.61. The molecular weight excluding hydrogens is 230 g/mol. The summed E-state index contributed by atoms with van der Waals surface area (Å²) in [5.74, 6) is 1.65. The minimum Gasteiger partial charge on any atom is -0.497 e. The predicted molar refractivity (Wildman–Crippen MR) is 73.2 cm³/mol. The Morgan fingerprint density at radius 3 is 3.06 bits per heavy atom. The highest BCUT2D eigenvalue weighted by Gasteiger charge is 2.17. The Kier molecular flexibility index (Phi) is 3.04. The van der Waals surface area contributed by atoms with Gasteiger partial charge in [0.1, 0.15) is 5.75 Å². The molecule has 0 spiro atoms. The van der Waals surface area contributed by atoms with Gasteiger partial charge in [-0.2, -0.15) is 0 Å². The van der Waals surface area contributed by atoms with Crippen LogP contribution in [0.15, 0.2) is 24.3 Å². The Labute approximate surface area is 106 Å². The second kappa shape index (κ2) is 4.67. The zero-order valence-corrected chi connectivity index (χ0v) is 10.8. The van der Waals surface area contributed by atoms with E-state index in [1.165, 1.54) is 34.3 Å². The average molecular weight is 247 g/mol. The van der Waals surface area contributed by atoms with Crippen molar-refractivity contribution in [3.8, 4) is 5.75 Å². The van der Waals surface area contributed by atoms with Gasteiger partial charge in [-0.25, -0.2) is 0 Å². The Balaban J connectivity index is 1.95. The van der Waals surface area contributed by atoms with Crippen LogP contribution in [0.5, 0.6) is 5.75 Å². The molecule has 1 aromatic heterocycles. The molecule has 0 aliphatic carbocycles. The van der Waals surface area contributed by atoms with E-state index < -0.39 is 0 Å². The van der Waals surface area contributed by atoms with Gasteiger partial charge in [0, 0.05) is 22.0 Å². The molecule has 90 valence electrons. The summed E-state index contributed by atoms with van der Waals surface area (Å²) < 4.78 is 6.61. The molecule has 0 bridgehead atoms. The van der Waals surface area contributed by atoms with E-state index in [9.17, 15) is 0 Å². The molecule has 3 rings (SSSR count). The summed E-state index contributed by atoms with van der Waals surface area (Å²) in [6, 6.07) is 8.68. The van der Waals surface area contributed by atoms with Crippen LogP contribution in [-0.4, -0.2) is 20.2 Å². The molecular formula is C14H17NOS. The number of ether oxygens (including phenoxy) is 1. The number of methoxy groups -OCH3 is 1. The quantitative estimate of drug-likeness (QED) is 0.878. The highest BCUT2D eigenvalue weighted by molar-refractivity contribution is 7.19. The maximum absolute atomic E-state index is 5.27. The predicted octanol–water partition coefficient (Wildman–Crippen LogP) is 3.38. The number of hydrogen-bond donors (Lipinski definition) is 1. The van der Waals surface area contributed by atoms with Crippen LogP contribution in [0.1, 0.15) is 23.6 Å². The second-order valence-corrected chi connectivity index (χ2v) is 5.71. The fourth-order valence-corrected chi connectivity index (χ4v) is 3.68. The highest BCUT2D eigenvalue weighted by Crippen LogP contribution is 2.35. The van der Waals surface area contributed by atoms with Crippen LogP contribution in [-0.2, 0) is 0 Å². The van der Waals surface area contributed by atoms with Crippen molar-refractivity contribution in [3.63, 3.8) is 0 Å². The lowest BCUT2D eigenvalue weighted by molar-refractivity contribution is 0.415. The van der Waals surface area contributed by atoms with Gasteiger partial charge in [-0.15, -0.1) is 11.3 Å². The lowest BCUT2D eigenvalue weighted by Gasteiger charge is -2.21. The van der Waals surface area contributed by atoms with Crippen molar-refractivity contribution >= 4 is 21.4 Å². The maximum Gasteiger partial charge on any atom is 0.120 e. The van der Waals surface area contributed by atoms with Crippen LogP contribution in [0.25, 0.3) is 10.1 Å². The summed E-state index contributed by atoms with van der Waals surface area (Å²) in [5, 5.41) is 4.83. The first-order valence-electron chi connectivity index (χ1n) is 6.15. The van der Waals surface area contributed by atoms with Crippen LogP contribution in [0.2, 0.25) is 0 Å². The molecule has 1 saturated heterocycles. The highest BCUT2D eigenvalue weighted by atomic mass is 32.1. The summed E-state index contributed by atoms with van der Waals surface area (Å²) in [5.41, 5.74) is 0. The first kappa shape index (κ1) is 11.1. The zero-order valence-electron chi connectivity index (χ0n) is 10.0. The van der Waals surface area contributed by atoms with Crippen molar-refractivity contribution in [2.75, 3.05) is 20.2 Å². The number of thiophene rings is 1. The molecule has 0 radical (unpaired) electrons. The van der Waals surface area contributed by atoms with Crippen LogP contribution in [0, 0.1) is 0 Å². The molecule has 1 fully saturated rings. The van der Waals surface area contributed by atoms with Gasteiger partial charge in [0.05, 0.1) is 7.11 Å². The van der Waals surface area contributed by atoms with Gasteiger partial charge >= 0.3 is 0 Å². The Bertz CT molecular complexity index is 514. The van der Waals surface area contributed by atoms with Gasteiger partial charge < -0.3 is 10.1 Å². The number of fused-ring (bicyclic) bond motifs is 1. The van der Waals surface area contributed by atoms with Crippen LogP contribution < -0.4 is 10.1 Å². The molecule has 2 heterocycles. The average Bonchev–Trinajstić information content (AvgIpc) is 2.82. The van der Waals surface area contributed by atoms with E-state index in [4.69, 9.17) is 4.74 Å². The SMILES string of the molecule is COc1ccc2cc(C3CCCNC3)sc2c1. The van der Waals surface area contributed by atoms with Gasteiger partial charge in [-0.3, -0.25) is 0 Å². The smallest absolute Gasteiger partial charge is 0.120 e. The minimum atomic E-state index is 0.701. The monoisotopic (exact) mass is 247 g/mol. The molecule has 0 saturated carbocycles. The van der Waals surface area contributed by atoms with E-state index in [1.54, 1.807) is 7.11 Å². The van der Waals surface area contributed by atoms with E-state index >= 15 is 0 Å². The number of rotatable bonds is 2. The van der Waals surface area contributed by atoms with Crippen molar-refractivity contribution in [2.45, 2.75) is 18.8 Å². The first-order chi connectivity index (χ1) is 8.36. The second-order valence-electron chi connectivity index (χ2n) is 4.60. The van der Waals surface area contributed by atoms with Crippen LogP contribution in [0.3, 0.4) is 0 Å². The third-order valence-corrected chi connectivity index (χ3v) is 4.71. The first-order valence-corrected chi connectivity index (χ1v) is 6.96. The Morgan fingerprint density at radius 2 is 2.29 bits per heavy atom. The van der Waals surface area contributed by atoms with Gasteiger partial charge in [0.2, 0.25) is 0 Å². The zero-order chi connectivity index (χ0) is 11.7. The molecule has 1 aliphatic heterocycles. The third-order valence-electron chi connectivity index (χ3n) is 3.45. The standard InChI is InChI=1S/C14H17NOS/c1-16-12-5-4-10-7-13(17-14(10)8-12)11-3-2-6-15-9-11/h4-5,7-8,11,15H,2-3,6,9H2,1H3. The minimum absolute atomic E-state index is 0.701. The normalized spacial score (nSPS) is 20.6. The van der Waals surface area contributed by atoms with Gasteiger partial charge in [0.25, 0.3) is 0 Å². The number of benzene rings is 1. The van der Waals surface area contributed by atoms with Gasteiger partial charge in [0.15, 0.2) is 0 Å². The fraction of sp³-hybridized carbons (Fsp3) is 0.429. The lowest BCUT2D eigenvalue weighted by Crippen LogP contribution is -2.27. The van der Waals surface area contributed by atoms with E-state index in [-0.39, 0.29) is 0 Å². The number of piperidine rings is 1. The molecule has 1 aromatic carbocycles. The number of nitrogens with one attached hydrogen (secondary N) is 1. The molecule has 2 aromatic rings. The van der Waals surface area contributed by atoms with E-state index in [0.29, 0.717) is 5.92 Å². The summed E-state index contributed by atoms with van der Waals surface area (Å²) in [4.78, 5) is 1.51. The van der Waals surface area contributed by atoms with Crippen molar-refractivity contribution in [2.24, 2.45) is 0 Å². The molecule has 1 N–H and O–H groups in total. The number of hydrogen-bond acceptors (Lipinski definition) is 3. The lowest BCUT2D eigenvalue weighted by atomic mass is 9.98. The maximum atomic E-state index is 5.27. The molecule has 1 aliphatic rings. The Hall–Kier alpha value is -1.06. The van der Waals surface area contributed by atoms with Gasteiger partial charge in [-0.05, 0) is 49.0 Å².